The molecule has 0 saturated carbocycles. The molecule has 0 aliphatic carbocycles. The summed E-state index contributed by atoms with van der Waals surface area (Å²) >= 11 is 0. The van der Waals surface area contributed by atoms with Crippen molar-refractivity contribution in [1.29, 1.82) is 0 Å². The lowest BCUT2D eigenvalue weighted by Gasteiger charge is -2.38. The maximum atomic E-state index is 13.7. The first-order valence-corrected chi connectivity index (χ1v) is 15.6. The Kier molecular flexibility index (Phi) is 9.28. The van der Waals surface area contributed by atoms with Crippen molar-refractivity contribution < 1.29 is 23.9 Å². The summed E-state index contributed by atoms with van der Waals surface area (Å²) < 4.78 is 12.1. The van der Waals surface area contributed by atoms with Gasteiger partial charge in [0.1, 0.15) is 23.3 Å². The van der Waals surface area contributed by atoms with Gasteiger partial charge in [-0.3, -0.25) is 19.4 Å². The average molecular weight is 636 g/mol. The van der Waals surface area contributed by atoms with Crippen LogP contribution in [0.2, 0.25) is 0 Å². The Morgan fingerprint density at radius 1 is 1.00 bits per heavy atom. The molecule has 12 heteroatoms. The van der Waals surface area contributed by atoms with E-state index in [1.54, 1.807) is 35.4 Å². The van der Waals surface area contributed by atoms with Crippen LogP contribution in [0.5, 0.6) is 11.5 Å². The summed E-state index contributed by atoms with van der Waals surface area (Å²) in [6, 6.07) is 17.5. The largest absolute Gasteiger partial charge is 0.488 e. The number of nitrogens with zero attached hydrogens (tertiary/aromatic N) is 4. The number of benzene rings is 2. The Morgan fingerprint density at radius 2 is 1.81 bits per heavy atom. The molecule has 5 heterocycles. The summed E-state index contributed by atoms with van der Waals surface area (Å²) in [4.78, 5) is 54.4. The third-order valence-corrected chi connectivity index (χ3v) is 8.02. The molecule has 4 N–H and O–H groups in total. The number of nitrogens with one attached hydrogen (secondary N) is 2. The second kappa shape index (κ2) is 13.9. The summed E-state index contributed by atoms with van der Waals surface area (Å²) in [5.41, 5.74) is 9.61. The summed E-state index contributed by atoms with van der Waals surface area (Å²) in [5, 5.41) is 5.98. The molecule has 2 aromatic carbocycles. The topological polar surface area (TPSA) is 162 Å². The number of hydrogen-bond acceptors (Lipinski definition) is 9. The zero-order chi connectivity index (χ0) is 32.9. The van der Waals surface area contributed by atoms with Crippen LogP contribution in [0.3, 0.4) is 0 Å². The van der Waals surface area contributed by atoms with Crippen LogP contribution in [0.25, 0.3) is 11.1 Å². The van der Waals surface area contributed by atoms with Gasteiger partial charge in [-0.05, 0) is 59.9 Å². The van der Waals surface area contributed by atoms with E-state index >= 15 is 0 Å². The summed E-state index contributed by atoms with van der Waals surface area (Å²) in [6.45, 7) is 4.90. The number of carbonyl (C=O) groups excluding carboxylic acids is 3. The molecular formula is C35H37N7O5. The van der Waals surface area contributed by atoms with Crippen molar-refractivity contribution in [1.82, 2.24) is 30.5 Å². The van der Waals surface area contributed by atoms with Gasteiger partial charge in [-0.1, -0.05) is 38.1 Å². The molecule has 7 rings (SSSR count). The standard InChI is InChI=1S/C35H37N7O5/c1-21(2)12-26-15-29(41-35(36)39-26)34(45)42-11-10-31-30(19-42)40-33(44)25-13-24(17-37-18-25)23-4-3-5-28(14-23)46-20-32(43)38-16-22-6-8-27(47-31)9-7-22/h3-9,13-15,17-18,21,30-31H,10-12,16,19-20H2,1-2H3,(H,38,43)(H,40,44)(H2,36,39,41)/t30-,31+/m1/s1. The van der Waals surface area contributed by atoms with Gasteiger partial charge in [-0.15, -0.1) is 0 Å². The van der Waals surface area contributed by atoms with E-state index in [0.29, 0.717) is 60.2 Å². The van der Waals surface area contributed by atoms with Crippen LogP contribution in [0, 0.1) is 5.92 Å². The zero-order valence-corrected chi connectivity index (χ0v) is 26.3. The van der Waals surface area contributed by atoms with Gasteiger partial charge in [0.25, 0.3) is 17.7 Å². The minimum atomic E-state index is -0.556. The number of anilines is 1. The van der Waals surface area contributed by atoms with Crippen LogP contribution in [0.4, 0.5) is 5.95 Å². The van der Waals surface area contributed by atoms with Gasteiger partial charge < -0.3 is 30.7 Å². The fourth-order valence-electron chi connectivity index (χ4n) is 5.71. The Balaban J connectivity index is 1.30. The normalized spacial score (nSPS) is 18.3. The minimum Gasteiger partial charge on any atom is -0.488 e. The maximum Gasteiger partial charge on any atom is 0.272 e. The number of likely N-dealkylation sites (tertiary alicyclic amines) is 1. The molecule has 0 spiro atoms. The number of aromatic nitrogens is 3. The number of amides is 3. The molecule has 3 aliphatic heterocycles. The molecule has 3 aliphatic rings. The molecule has 0 radical (unpaired) electrons. The quantitative estimate of drug-likeness (QED) is 0.306. The molecule has 47 heavy (non-hydrogen) atoms. The monoisotopic (exact) mass is 635 g/mol. The molecule has 1 fully saturated rings. The summed E-state index contributed by atoms with van der Waals surface area (Å²) in [5.74, 6) is 0.593. The van der Waals surface area contributed by atoms with Gasteiger partial charge in [0, 0.05) is 49.7 Å². The number of nitrogen functional groups attached to an aromatic ring is 1. The highest BCUT2D eigenvalue weighted by molar-refractivity contribution is 5.96. The Morgan fingerprint density at radius 3 is 2.62 bits per heavy atom. The predicted octanol–water partition coefficient (Wildman–Crippen LogP) is 3.42. The second-order valence-electron chi connectivity index (χ2n) is 12.2. The predicted molar refractivity (Wildman–Crippen MR) is 175 cm³/mol. The van der Waals surface area contributed by atoms with E-state index in [0.717, 1.165) is 11.1 Å². The van der Waals surface area contributed by atoms with Crippen molar-refractivity contribution in [3.05, 3.63) is 95.6 Å². The van der Waals surface area contributed by atoms with E-state index in [4.69, 9.17) is 15.2 Å². The number of rotatable bonds is 3. The minimum absolute atomic E-state index is 0.0491. The molecular weight excluding hydrogens is 598 g/mol. The number of ether oxygens (including phenoxy) is 2. The van der Waals surface area contributed by atoms with Gasteiger partial charge in [-0.2, -0.15) is 0 Å². The zero-order valence-electron chi connectivity index (χ0n) is 26.3. The average Bonchev–Trinajstić information content (AvgIpc) is 3.06. The van der Waals surface area contributed by atoms with Crippen LogP contribution < -0.4 is 25.8 Å². The van der Waals surface area contributed by atoms with Crippen molar-refractivity contribution in [3.63, 3.8) is 0 Å². The van der Waals surface area contributed by atoms with Crippen molar-refractivity contribution >= 4 is 23.7 Å². The van der Waals surface area contributed by atoms with E-state index in [-0.39, 0.29) is 42.5 Å². The van der Waals surface area contributed by atoms with E-state index in [9.17, 15) is 14.4 Å². The third kappa shape index (κ3) is 7.83. The van der Waals surface area contributed by atoms with Crippen LogP contribution in [0.1, 0.15) is 52.4 Å². The molecule has 0 unspecified atom stereocenters. The first kappa shape index (κ1) is 31.5. The van der Waals surface area contributed by atoms with E-state index in [1.165, 1.54) is 6.20 Å². The van der Waals surface area contributed by atoms with Crippen molar-refractivity contribution in [2.75, 3.05) is 25.4 Å². The summed E-state index contributed by atoms with van der Waals surface area (Å²) in [7, 11) is 0. The fraction of sp³-hybridized carbons (Fsp3) is 0.314. The molecule has 242 valence electrons. The Labute approximate surface area is 272 Å². The molecule has 2 aromatic heterocycles. The van der Waals surface area contributed by atoms with Crippen molar-refractivity contribution in [3.8, 4) is 22.6 Å². The third-order valence-electron chi connectivity index (χ3n) is 8.02. The SMILES string of the molecule is CC(C)Cc1cc(C(=O)N2CC[C@@H]3Oc4ccc(cc4)CNC(=O)COc4cccc(c4)-c4cncc(c4)C(=O)N[C@@H]3C2)nc(N)n1. The molecule has 4 aromatic rings. The smallest absolute Gasteiger partial charge is 0.272 e. The number of hydrogen-bond donors (Lipinski definition) is 3. The lowest BCUT2D eigenvalue weighted by molar-refractivity contribution is -0.123. The Bertz CT molecular complexity index is 1780. The lowest BCUT2D eigenvalue weighted by atomic mass is 10.00. The van der Waals surface area contributed by atoms with Crippen molar-refractivity contribution in [2.45, 2.75) is 45.4 Å². The van der Waals surface area contributed by atoms with Gasteiger partial charge in [0.05, 0.1) is 11.6 Å². The van der Waals surface area contributed by atoms with Crippen LogP contribution >= 0.6 is 0 Å². The van der Waals surface area contributed by atoms with Crippen LogP contribution in [-0.4, -0.2) is 69.4 Å². The van der Waals surface area contributed by atoms with Crippen molar-refractivity contribution in [2.24, 2.45) is 5.92 Å². The maximum absolute atomic E-state index is 13.7. The van der Waals surface area contributed by atoms with E-state index in [2.05, 4.69) is 39.4 Å². The molecule has 2 atom stereocenters. The summed E-state index contributed by atoms with van der Waals surface area (Å²) in [6.07, 6.45) is 3.84. The highest BCUT2D eigenvalue weighted by Gasteiger charge is 2.35. The highest BCUT2D eigenvalue weighted by Crippen LogP contribution is 2.26. The molecule has 3 amide bonds. The second-order valence-corrected chi connectivity index (χ2v) is 12.2. The van der Waals surface area contributed by atoms with Gasteiger partial charge >= 0.3 is 0 Å². The van der Waals surface area contributed by atoms with E-state index in [1.807, 2.05) is 36.4 Å². The van der Waals surface area contributed by atoms with E-state index < -0.39 is 12.1 Å². The molecule has 6 bridgehead atoms. The molecule has 12 nitrogen and oxygen atoms in total. The van der Waals surface area contributed by atoms with Crippen LogP contribution in [-0.2, 0) is 17.8 Å². The fourth-order valence-corrected chi connectivity index (χ4v) is 5.71. The Hall–Kier alpha value is -5.52. The molecule has 1 saturated heterocycles. The first-order chi connectivity index (χ1) is 22.7. The number of piperidine rings is 1. The number of pyridine rings is 1. The van der Waals surface area contributed by atoms with Crippen LogP contribution in [0.15, 0.2) is 73.1 Å². The number of fused-ring (bicyclic) bond motifs is 7. The lowest BCUT2D eigenvalue weighted by Crippen LogP contribution is -2.58. The number of nitrogens with two attached hydrogens (primary N) is 1. The van der Waals surface area contributed by atoms with Gasteiger partial charge in [0.2, 0.25) is 5.95 Å². The number of carbonyl (C=O) groups is 3. The highest BCUT2D eigenvalue weighted by atomic mass is 16.5. The first-order valence-electron chi connectivity index (χ1n) is 15.6. The van der Waals surface area contributed by atoms with Gasteiger partial charge in [0.15, 0.2) is 6.61 Å². The van der Waals surface area contributed by atoms with Gasteiger partial charge in [-0.25, -0.2) is 9.97 Å².